The molecule has 0 radical (unpaired) electrons. The van der Waals surface area contributed by atoms with E-state index in [-0.39, 0.29) is 73.2 Å². The van der Waals surface area contributed by atoms with Crippen molar-refractivity contribution < 1.29 is 90.9 Å². The van der Waals surface area contributed by atoms with Crippen LogP contribution >= 0.6 is 0 Å². The molecule has 14 N–H and O–H groups in total. The topological polar surface area (TPSA) is 485 Å². The number of ketones is 2. The Hall–Kier alpha value is -12.9. The zero-order chi connectivity index (χ0) is 90.7. The number of carboxylic acids is 1. The highest BCUT2D eigenvalue weighted by Gasteiger charge is 2.40. The number of urea groups is 2. The minimum absolute atomic E-state index is 0.0378. The van der Waals surface area contributed by atoms with Crippen molar-refractivity contribution in [2.75, 3.05) is 33.8 Å². The van der Waals surface area contributed by atoms with Gasteiger partial charge in [-0.05, 0) is 134 Å². The smallest absolute Gasteiger partial charge is 0.339 e. The fraction of sp³-hybridized carbons (Fsp3) is 0.472. The van der Waals surface area contributed by atoms with Gasteiger partial charge in [-0.3, -0.25) is 57.7 Å². The summed E-state index contributed by atoms with van der Waals surface area (Å²) in [5.41, 5.74) is 6.75. The molecular formula is C89H115F2N16O17-. The number of aromatic carboxylic acids is 1. The predicted octanol–water partition coefficient (Wildman–Crippen LogP) is 7.15. The van der Waals surface area contributed by atoms with E-state index in [1.54, 1.807) is 81.4 Å². The summed E-state index contributed by atoms with van der Waals surface area (Å²) in [5, 5.41) is 59.4. The van der Waals surface area contributed by atoms with Crippen LogP contribution in [0.3, 0.4) is 0 Å². The summed E-state index contributed by atoms with van der Waals surface area (Å²) < 4.78 is 35.2. The minimum Gasteiger partial charge on any atom is -0.599 e. The quantitative estimate of drug-likeness (QED) is 0.0105. The lowest BCUT2D eigenvalue weighted by Gasteiger charge is -2.32. The standard InChI is InChI=1S/C48H62N8O8.C41H54F2N8O9/c1-6-17-38(43(55-56-47(62)49-5)45(60)50-27-40(58)53-41(30(4)57)31-18-9-7-10-19-31)51-44(59)39(26-29(2)3)52-46(61)42(32-20-11-8-12-21-32)54-48(63)64-28-37-35-24-15-13-22-33(35)34-23-14-16-25-36(34)37;1-6-13-28(35(50-51-41(60)44-5)38(56)45-21-30(53)48-33(23(4)52)24-14-9-7-10-15-24)46-36(54)29(20-22(2)3)47-39(57)34(25-16-11-8-12-17-25)49-37(55)31-26(42)18-19-27(43)32(31)40(58)59/h7,9-10,13-16,18-19,22-25,29,32,37-39,41-42H,6,8,11-12,17,20-21,26-28H2,1-5H3,(H,50,60)(H,51,59)(H,52,61)(H,53,58)(H,54,63)(H2,49,56,62);7,9-10,14-15,18-19,22,25,28-29,33-34H,6,8,11-13,16-17,20-21H2,1-5H3,(H,45,56)(H,46,54)(H,47,57)(H,48,53)(H,49,55)(H,58,59)(H2,44,51,60)/p-1/t38-,39-,41+,42-;28-,29-,33+,34-/m00/s1. The summed E-state index contributed by atoms with van der Waals surface area (Å²) >= 11 is 0. The van der Waals surface area contributed by atoms with Crippen LogP contribution in [0.25, 0.3) is 11.1 Å². The van der Waals surface area contributed by atoms with E-state index in [0.717, 1.165) is 47.9 Å². The molecule has 0 saturated heterocycles. The fourth-order valence-corrected chi connectivity index (χ4v) is 15.2. The van der Waals surface area contributed by atoms with Gasteiger partial charge in [-0.15, -0.1) is 0 Å². The second kappa shape index (κ2) is 49.3. The minimum atomic E-state index is -1.89. The van der Waals surface area contributed by atoms with Gasteiger partial charge in [-0.1, -0.05) is 202 Å². The van der Waals surface area contributed by atoms with E-state index in [4.69, 9.17) is 4.74 Å². The second-order valence-corrected chi connectivity index (χ2v) is 31.6. The zero-order valence-corrected chi connectivity index (χ0v) is 71.6. The van der Waals surface area contributed by atoms with Crippen molar-refractivity contribution in [1.29, 1.82) is 0 Å². The van der Waals surface area contributed by atoms with Crippen LogP contribution < -0.4 is 74.4 Å². The number of hydrazone groups is 2. The third kappa shape index (κ3) is 29.2. The monoisotopic (exact) mass is 1720 g/mol. The van der Waals surface area contributed by atoms with Crippen LogP contribution in [-0.2, 0) is 52.7 Å². The third-order valence-corrected chi connectivity index (χ3v) is 21.3. The van der Waals surface area contributed by atoms with Crippen molar-refractivity contribution in [2.45, 2.75) is 212 Å². The van der Waals surface area contributed by atoms with E-state index >= 15 is 0 Å². The molecule has 0 aliphatic heterocycles. The zero-order valence-electron chi connectivity index (χ0n) is 71.6. The highest BCUT2D eigenvalue weighted by atomic mass is 19.1. The summed E-state index contributed by atoms with van der Waals surface area (Å²) in [6.07, 6.45) is 7.72. The van der Waals surface area contributed by atoms with Crippen LogP contribution in [0, 0.1) is 35.3 Å². The lowest BCUT2D eigenvalue weighted by molar-refractivity contribution is -0.251. The molecule has 3 aliphatic carbocycles. The highest BCUT2D eigenvalue weighted by Crippen LogP contribution is 2.45. The van der Waals surface area contributed by atoms with Crippen molar-refractivity contribution in [2.24, 2.45) is 38.9 Å². The van der Waals surface area contributed by atoms with E-state index in [1.165, 1.54) is 27.9 Å². The van der Waals surface area contributed by atoms with Gasteiger partial charge in [0.05, 0.1) is 30.7 Å². The first-order chi connectivity index (χ1) is 59.3. The number of carbonyl (C=O) groups excluding carboxylic acids is 13. The summed E-state index contributed by atoms with van der Waals surface area (Å²) in [7, 11) is 2.67. The van der Waals surface area contributed by atoms with Crippen molar-refractivity contribution in [3.05, 3.63) is 166 Å². The van der Waals surface area contributed by atoms with E-state index in [0.29, 0.717) is 74.6 Å². The Balaban J connectivity index is 0.000000342. The number of aliphatic imine (C=N–C) groups is 1. The number of rotatable bonds is 40. The summed E-state index contributed by atoms with van der Waals surface area (Å²) in [4.78, 5) is 189. The average Bonchev–Trinajstić information content (AvgIpc) is 1.63. The van der Waals surface area contributed by atoms with Crippen LogP contribution in [-0.4, -0.2) is 175 Å². The Labute approximate surface area is 719 Å². The van der Waals surface area contributed by atoms with Crippen LogP contribution in [0.2, 0.25) is 0 Å². The molecule has 0 bridgehead atoms. The predicted molar refractivity (Wildman–Crippen MR) is 457 cm³/mol. The van der Waals surface area contributed by atoms with Crippen LogP contribution in [0.1, 0.15) is 219 Å². The molecule has 5 aromatic rings. The highest BCUT2D eigenvalue weighted by molar-refractivity contribution is 6.42. The number of ether oxygens (including phenoxy) is 1. The largest absolute Gasteiger partial charge is 0.599 e. The van der Waals surface area contributed by atoms with Gasteiger partial charge in [0.15, 0.2) is 11.6 Å². The Bertz CT molecular complexity index is 4630. The molecule has 0 heterocycles. The van der Waals surface area contributed by atoms with E-state index < -0.39 is 173 Å². The molecule has 124 heavy (non-hydrogen) atoms. The molecule has 35 heteroatoms. The fourth-order valence-electron chi connectivity index (χ4n) is 15.2. The number of Topliss-reactive ketones (excluding diaryl/α,β-unsaturated/α-hetero) is 2. The molecular weight excluding hydrogens is 1600 g/mol. The van der Waals surface area contributed by atoms with Gasteiger partial charge in [0, 0.05) is 26.6 Å². The number of carbonyl (C=O) groups is 14. The van der Waals surface area contributed by atoms with E-state index in [9.17, 15) is 86.1 Å². The summed E-state index contributed by atoms with van der Waals surface area (Å²) in [6, 6.07) is 23.6. The first-order valence-corrected chi connectivity index (χ1v) is 41.9. The lowest BCUT2D eigenvalue weighted by Crippen LogP contribution is -2.58. The molecule has 33 nitrogen and oxygen atoms in total. The molecule has 13 amide bonds. The number of nitrogens with one attached hydrogen (secondary N) is 13. The van der Waals surface area contributed by atoms with Crippen LogP contribution in [0.4, 0.5) is 18.4 Å². The molecule has 5 aromatic carbocycles. The van der Waals surface area contributed by atoms with Crippen molar-refractivity contribution >= 4 is 100 Å². The number of carboxylic acid groups (broad SMARTS) is 1. The molecule has 668 valence electrons. The van der Waals surface area contributed by atoms with Crippen molar-refractivity contribution in [1.82, 2.24) is 69.3 Å². The molecule has 8 rings (SSSR count). The Kier molecular flexibility index (Phi) is 39.1. The second-order valence-electron chi connectivity index (χ2n) is 31.6. The number of hydrogen-bond donors (Lipinski definition) is 14. The molecule has 2 saturated carbocycles. The lowest BCUT2D eigenvalue weighted by atomic mass is 9.83. The first-order valence-electron chi connectivity index (χ1n) is 41.9. The summed E-state index contributed by atoms with van der Waals surface area (Å²) in [5.74, 6) is -13.8. The SMILES string of the molecule is CCC[C@H](NC(=O)[C@H](CC(C)C)NC(=O)[C@@H](N=C([O-])OCC1c2ccccc2-c2ccccc21)C1CCCCC1)C(=NNC(=O)NC)C(=O)NCC(=O)N[C@H](C(C)=O)c1ccccc1.CCC[C@H](NC(=O)[C@H](CC(C)C)NC(=O)[C@@H](NC(=O)c1c(F)ccc(F)c1C(=O)O)C1CCCCC1)C(=NNC(=O)NC)C(=O)NCC(=O)N[C@H](C(C)=O)c1ccccc1. The maximum absolute atomic E-state index is 14.9. The maximum atomic E-state index is 14.9. The van der Waals surface area contributed by atoms with E-state index in [1.807, 2.05) is 69.3 Å². The van der Waals surface area contributed by atoms with Crippen molar-refractivity contribution in [3.8, 4) is 11.1 Å². The number of amides is 13. The van der Waals surface area contributed by atoms with Gasteiger partial charge in [0.1, 0.15) is 71.0 Å². The van der Waals surface area contributed by atoms with Crippen LogP contribution in [0.15, 0.2) is 137 Å². The van der Waals surface area contributed by atoms with Crippen LogP contribution in [0.5, 0.6) is 0 Å². The van der Waals surface area contributed by atoms with Gasteiger partial charge in [-0.2, -0.15) is 10.2 Å². The Morgan fingerprint density at radius 3 is 1.28 bits per heavy atom. The molecule has 0 unspecified atom stereocenters. The van der Waals surface area contributed by atoms with Gasteiger partial charge >= 0.3 is 18.0 Å². The number of fused-ring (bicyclic) bond motifs is 3. The summed E-state index contributed by atoms with van der Waals surface area (Å²) in [6.45, 7) is 12.4. The normalized spacial score (nSPS) is 15.5. The maximum Gasteiger partial charge on any atom is 0.339 e. The van der Waals surface area contributed by atoms with Crippen molar-refractivity contribution in [3.63, 3.8) is 0 Å². The van der Waals surface area contributed by atoms with Gasteiger partial charge < -0.3 is 73.4 Å². The number of halogens is 2. The van der Waals surface area contributed by atoms with E-state index in [2.05, 4.69) is 84.5 Å². The number of hydrogen-bond acceptors (Lipinski definition) is 19. The first kappa shape index (κ1) is 98.3. The molecule has 0 spiro atoms. The molecule has 3 aliphatic rings. The third-order valence-electron chi connectivity index (χ3n) is 21.3. The number of benzene rings is 5. The number of nitrogens with zero attached hydrogens (tertiary/aromatic N) is 3. The molecule has 8 atom stereocenters. The molecule has 0 aromatic heterocycles. The average molecular weight is 1720 g/mol. The van der Waals surface area contributed by atoms with Gasteiger partial charge in [0.2, 0.25) is 35.4 Å². The van der Waals surface area contributed by atoms with Gasteiger partial charge in [0.25, 0.3) is 17.7 Å². The Morgan fingerprint density at radius 2 is 0.879 bits per heavy atom. The molecule has 2 fully saturated rings. The Morgan fingerprint density at radius 1 is 0.484 bits per heavy atom. The van der Waals surface area contributed by atoms with Gasteiger partial charge in [-0.25, -0.2) is 34.0 Å².